The molecule has 25 heavy (non-hydrogen) atoms. The number of rotatable bonds is 7. The minimum atomic E-state index is -0.900. The van der Waals surface area contributed by atoms with Crippen molar-refractivity contribution >= 4 is 16.7 Å². The summed E-state index contributed by atoms with van der Waals surface area (Å²) in [6.45, 7) is 9.70. The van der Waals surface area contributed by atoms with Gasteiger partial charge in [-0.2, -0.15) is 0 Å². The van der Waals surface area contributed by atoms with E-state index in [4.69, 9.17) is 0 Å². The van der Waals surface area contributed by atoms with Crippen LogP contribution in [0.3, 0.4) is 0 Å². The van der Waals surface area contributed by atoms with Gasteiger partial charge in [-0.15, -0.1) is 0 Å². The van der Waals surface area contributed by atoms with E-state index in [0.717, 1.165) is 24.6 Å². The Bertz CT molecular complexity index is 595. The first-order chi connectivity index (χ1) is 11.9. The highest BCUT2D eigenvalue weighted by molar-refractivity contribution is 7.83. The molecule has 1 aliphatic heterocycles. The van der Waals surface area contributed by atoms with E-state index in [-0.39, 0.29) is 5.91 Å². The lowest BCUT2D eigenvalue weighted by molar-refractivity contribution is 0.0863. The minimum absolute atomic E-state index is 0.0419. The summed E-state index contributed by atoms with van der Waals surface area (Å²) in [7, 11) is -0.900. The van der Waals surface area contributed by atoms with Crippen LogP contribution in [0.5, 0.6) is 0 Å². The van der Waals surface area contributed by atoms with Crippen LogP contribution in [0.4, 0.5) is 0 Å². The highest BCUT2D eigenvalue weighted by atomic mass is 32.2. The molecule has 1 aliphatic rings. The normalized spacial score (nSPS) is 18.9. The lowest BCUT2D eigenvalue weighted by atomic mass is 9.94. The van der Waals surface area contributed by atoms with Crippen molar-refractivity contribution in [1.29, 1.82) is 0 Å². The lowest BCUT2D eigenvalue weighted by Crippen LogP contribution is -2.49. The number of carbonyl (C=O) groups is 1. The van der Waals surface area contributed by atoms with E-state index < -0.39 is 10.8 Å². The van der Waals surface area contributed by atoms with Crippen molar-refractivity contribution in [3.8, 4) is 0 Å². The second kappa shape index (κ2) is 9.48. The molecule has 0 spiro atoms. The summed E-state index contributed by atoms with van der Waals surface area (Å²) in [6, 6.07) is 7.84. The summed E-state index contributed by atoms with van der Waals surface area (Å²) in [5.74, 6) is 1.76. The quantitative estimate of drug-likeness (QED) is 0.809. The molecule has 1 fully saturated rings. The largest absolute Gasteiger partial charge is 0.350 e. The van der Waals surface area contributed by atoms with E-state index in [1.54, 1.807) is 6.26 Å². The Kier molecular flexibility index (Phi) is 7.63. The van der Waals surface area contributed by atoms with E-state index in [9.17, 15) is 9.00 Å². The highest BCUT2D eigenvalue weighted by Crippen LogP contribution is 2.21. The van der Waals surface area contributed by atoms with E-state index in [0.29, 0.717) is 29.8 Å². The van der Waals surface area contributed by atoms with Gasteiger partial charge in [-0.3, -0.25) is 13.9 Å². The molecule has 4 nitrogen and oxygen atoms in total. The summed E-state index contributed by atoms with van der Waals surface area (Å²) in [5.41, 5.74) is 1.59. The molecule has 1 amide bonds. The summed E-state index contributed by atoms with van der Waals surface area (Å²) in [4.78, 5) is 15.1. The fourth-order valence-electron chi connectivity index (χ4n) is 3.48. The molecule has 5 heteroatoms. The van der Waals surface area contributed by atoms with Crippen LogP contribution in [-0.2, 0) is 16.6 Å². The summed E-state index contributed by atoms with van der Waals surface area (Å²) in [6.07, 6.45) is 4.17. The van der Waals surface area contributed by atoms with Crippen LogP contribution in [0.25, 0.3) is 0 Å². The third-order valence-corrected chi connectivity index (χ3v) is 5.83. The summed E-state index contributed by atoms with van der Waals surface area (Å²) < 4.78 is 11.4. The Balaban J connectivity index is 1.95. The summed E-state index contributed by atoms with van der Waals surface area (Å²) >= 11 is 0. The van der Waals surface area contributed by atoms with Crippen molar-refractivity contribution in [1.82, 2.24) is 10.2 Å². The standard InChI is InChI=1S/C20H32N2O2S/c1-15(2)19(22-10-8-16(3)9-11-22)13-21-20(23)18-7-5-6-17(12-18)14-25(4)24/h5-7,12,15-16,19H,8-11,13-14H2,1-4H3,(H,21,23)/t19-,25-/m0/s1. The van der Waals surface area contributed by atoms with Gasteiger partial charge < -0.3 is 5.32 Å². The van der Waals surface area contributed by atoms with Crippen LogP contribution in [0.2, 0.25) is 0 Å². The SMILES string of the molecule is CC1CCN([C@@H](CNC(=O)c2cccc(C[S@](C)=O)c2)C(C)C)CC1. The number of piperidine rings is 1. The lowest BCUT2D eigenvalue weighted by Gasteiger charge is -2.38. The molecule has 1 heterocycles. The predicted octanol–water partition coefficient (Wildman–Crippen LogP) is 3.05. The molecule has 2 atom stereocenters. The van der Waals surface area contributed by atoms with Gasteiger partial charge in [0.2, 0.25) is 0 Å². The number of likely N-dealkylation sites (tertiary alicyclic amines) is 1. The van der Waals surface area contributed by atoms with E-state index in [1.165, 1.54) is 12.8 Å². The van der Waals surface area contributed by atoms with E-state index in [2.05, 4.69) is 31.0 Å². The third-order valence-electron chi connectivity index (χ3n) is 5.09. The number of nitrogens with zero attached hydrogens (tertiary/aromatic N) is 1. The summed E-state index contributed by atoms with van der Waals surface area (Å²) in [5, 5.41) is 3.11. The average molecular weight is 365 g/mol. The monoisotopic (exact) mass is 364 g/mol. The van der Waals surface area contributed by atoms with Gasteiger partial charge in [-0.1, -0.05) is 32.9 Å². The fraction of sp³-hybridized carbons (Fsp3) is 0.650. The van der Waals surface area contributed by atoms with Crippen molar-refractivity contribution in [2.75, 3.05) is 25.9 Å². The third kappa shape index (κ3) is 6.23. The Morgan fingerprint density at radius 3 is 2.60 bits per heavy atom. The average Bonchev–Trinajstić information content (AvgIpc) is 2.56. The molecule has 2 rings (SSSR count). The van der Waals surface area contributed by atoms with Gasteiger partial charge in [0.25, 0.3) is 5.91 Å². The number of amides is 1. The van der Waals surface area contributed by atoms with Crippen molar-refractivity contribution in [2.45, 2.75) is 45.4 Å². The van der Waals surface area contributed by atoms with Crippen molar-refractivity contribution in [3.63, 3.8) is 0 Å². The molecule has 0 aromatic heterocycles. The molecule has 140 valence electrons. The van der Waals surface area contributed by atoms with E-state index in [1.807, 2.05) is 24.3 Å². The van der Waals surface area contributed by atoms with Gasteiger partial charge in [-0.05, 0) is 55.5 Å². The predicted molar refractivity (Wildman–Crippen MR) is 105 cm³/mol. The maximum atomic E-state index is 12.5. The topological polar surface area (TPSA) is 49.4 Å². The Labute approximate surface area is 154 Å². The second-order valence-electron chi connectivity index (χ2n) is 7.66. The Morgan fingerprint density at radius 2 is 2.00 bits per heavy atom. The Morgan fingerprint density at radius 1 is 1.32 bits per heavy atom. The van der Waals surface area contributed by atoms with Gasteiger partial charge in [0.1, 0.15) is 0 Å². The van der Waals surface area contributed by atoms with Gasteiger partial charge in [0.05, 0.1) is 0 Å². The van der Waals surface area contributed by atoms with Gasteiger partial charge in [0, 0.05) is 41.0 Å². The van der Waals surface area contributed by atoms with Crippen LogP contribution in [0, 0.1) is 11.8 Å². The maximum absolute atomic E-state index is 12.5. The van der Waals surface area contributed by atoms with Gasteiger partial charge >= 0.3 is 0 Å². The molecule has 0 bridgehead atoms. The molecular weight excluding hydrogens is 332 g/mol. The Hall–Kier alpha value is -1.20. The number of benzene rings is 1. The first-order valence-electron chi connectivity index (χ1n) is 9.28. The van der Waals surface area contributed by atoms with Crippen LogP contribution >= 0.6 is 0 Å². The van der Waals surface area contributed by atoms with Crippen LogP contribution < -0.4 is 5.32 Å². The smallest absolute Gasteiger partial charge is 0.251 e. The first kappa shape index (κ1) is 20.1. The molecule has 1 saturated heterocycles. The van der Waals surface area contributed by atoms with Crippen LogP contribution in [0.15, 0.2) is 24.3 Å². The van der Waals surface area contributed by atoms with Crippen LogP contribution in [0.1, 0.15) is 49.5 Å². The molecule has 1 N–H and O–H groups in total. The molecule has 0 unspecified atom stereocenters. The number of carbonyl (C=O) groups excluding carboxylic acids is 1. The van der Waals surface area contributed by atoms with Gasteiger partial charge in [0.15, 0.2) is 0 Å². The highest BCUT2D eigenvalue weighted by Gasteiger charge is 2.26. The minimum Gasteiger partial charge on any atom is -0.350 e. The van der Waals surface area contributed by atoms with Gasteiger partial charge in [-0.25, -0.2) is 0 Å². The molecule has 1 aromatic rings. The van der Waals surface area contributed by atoms with E-state index >= 15 is 0 Å². The molecular formula is C20H32N2O2S. The molecule has 0 radical (unpaired) electrons. The molecule has 0 saturated carbocycles. The molecule has 1 aromatic carbocycles. The maximum Gasteiger partial charge on any atom is 0.251 e. The number of hydrogen-bond donors (Lipinski definition) is 1. The van der Waals surface area contributed by atoms with Crippen molar-refractivity contribution < 1.29 is 9.00 Å². The number of hydrogen-bond acceptors (Lipinski definition) is 3. The zero-order valence-corrected chi connectivity index (χ0v) is 16.8. The van der Waals surface area contributed by atoms with Crippen LogP contribution in [-0.4, -0.2) is 46.9 Å². The van der Waals surface area contributed by atoms with Crippen molar-refractivity contribution in [2.24, 2.45) is 11.8 Å². The fourth-order valence-corrected chi connectivity index (χ4v) is 4.13. The molecule has 0 aliphatic carbocycles. The van der Waals surface area contributed by atoms with Crippen molar-refractivity contribution in [3.05, 3.63) is 35.4 Å². The first-order valence-corrected chi connectivity index (χ1v) is 11.0. The zero-order chi connectivity index (χ0) is 18.4. The number of nitrogens with one attached hydrogen (secondary N) is 1. The second-order valence-corrected chi connectivity index (χ2v) is 9.09. The zero-order valence-electron chi connectivity index (χ0n) is 16.0.